The Hall–Kier alpha value is -0.930. The normalized spacial score (nSPS) is 12.7. The van der Waals surface area contributed by atoms with E-state index >= 15 is 0 Å². The lowest BCUT2D eigenvalue weighted by molar-refractivity contribution is 0.183. The molecule has 0 aliphatic heterocycles. The minimum Gasteiger partial charge on any atom is -0.385 e. The van der Waals surface area contributed by atoms with Crippen LogP contribution in [0.5, 0.6) is 0 Å². The van der Waals surface area contributed by atoms with Gasteiger partial charge in [-0.3, -0.25) is 0 Å². The highest BCUT2D eigenvalue weighted by molar-refractivity contribution is 5.19. The second kappa shape index (κ2) is 6.53. The maximum Gasteiger partial charge on any atom is 0.123 e. The standard InChI is InChI=1S/C12H18FNO/c1-3-14-12(8-9-15-2)10-4-6-11(13)7-5-10/h4-7,12,14H,3,8-9H2,1-2H3. The Morgan fingerprint density at radius 1 is 1.33 bits per heavy atom. The smallest absolute Gasteiger partial charge is 0.123 e. The van der Waals surface area contributed by atoms with Gasteiger partial charge in [0.1, 0.15) is 5.82 Å². The van der Waals surface area contributed by atoms with Gasteiger partial charge in [0, 0.05) is 19.8 Å². The van der Waals surface area contributed by atoms with E-state index in [0.717, 1.165) is 18.5 Å². The average molecular weight is 211 g/mol. The van der Waals surface area contributed by atoms with Crippen molar-refractivity contribution in [1.82, 2.24) is 5.32 Å². The van der Waals surface area contributed by atoms with Crippen LogP contribution in [0, 0.1) is 5.82 Å². The summed E-state index contributed by atoms with van der Waals surface area (Å²) in [7, 11) is 1.69. The molecule has 0 radical (unpaired) electrons. The third kappa shape index (κ3) is 3.98. The molecule has 1 unspecified atom stereocenters. The molecule has 2 nitrogen and oxygen atoms in total. The number of hydrogen-bond donors (Lipinski definition) is 1. The largest absolute Gasteiger partial charge is 0.385 e. The molecule has 15 heavy (non-hydrogen) atoms. The van der Waals surface area contributed by atoms with E-state index in [9.17, 15) is 4.39 Å². The predicted molar refractivity (Wildman–Crippen MR) is 59.3 cm³/mol. The summed E-state index contributed by atoms with van der Waals surface area (Å²) in [6.45, 7) is 3.66. The van der Waals surface area contributed by atoms with E-state index in [1.54, 1.807) is 7.11 Å². The molecule has 1 rings (SSSR count). The van der Waals surface area contributed by atoms with Gasteiger partial charge < -0.3 is 10.1 Å². The summed E-state index contributed by atoms with van der Waals surface area (Å²) in [6.07, 6.45) is 0.899. The first kappa shape index (κ1) is 12.1. The van der Waals surface area contributed by atoms with Crippen molar-refractivity contribution in [3.8, 4) is 0 Å². The molecule has 0 spiro atoms. The first-order chi connectivity index (χ1) is 7.27. The molecule has 0 aliphatic rings. The first-order valence-electron chi connectivity index (χ1n) is 5.25. The van der Waals surface area contributed by atoms with Gasteiger partial charge >= 0.3 is 0 Å². The molecule has 0 bridgehead atoms. The highest BCUT2D eigenvalue weighted by atomic mass is 19.1. The molecule has 84 valence electrons. The molecule has 1 aromatic carbocycles. The third-order valence-electron chi connectivity index (χ3n) is 2.33. The summed E-state index contributed by atoms with van der Waals surface area (Å²) >= 11 is 0. The van der Waals surface area contributed by atoms with Gasteiger partial charge in [0.05, 0.1) is 0 Å². The summed E-state index contributed by atoms with van der Waals surface area (Å²) in [4.78, 5) is 0. The fraction of sp³-hybridized carbons (Fsp3) is 0.500. The van der Waals surface area contributed by atoms with Crippen LogP contribution in [-0.2, 0) is 4.74 Å². The summed E-state index contributed by atoms with van der Waals surface area (Å²) in [5.74, 6) is -0.194. The number of ether oxygens (including phenoxy) is 1. The van der Waals surface area contributed by atoms with Crippen molar-refractivity contribution < 1.29 is 9.13 Å². The summed E-state index contributed by atoms with van der Waals surface area (Å²) in [5, 5.41) is 3.35. The number of rotatable bonds is 6. The molecule has 0 saturated heterocycles. The predicted octanol–water partition coefficient (Wildman–Crippen LogP) is 2.51. The minimum absolute atomic E-state index is 0.194. The van der Waals surface area contributed by atoms with Crippen LogP contribution in [-0.4, -0.2) is 20.3 Å². The highest BCUT2D eigenvalue weighted by Gasteiger charge is 2.09. The molecule has 0 amide bonds. The number of halogens is 1. The van der Waals surface area contributed by atoms with Crippen molar-refractivity contribution in [2.24, 2.45) is 0 Å². The molecule has 3 heteroatoms. The molecule has 1 aromatic rings. The number of methoxy groups -OCH3 is 1. The van der Waals surface area contributed by atoms with Crippen LogP contribution in [0.25, 0.3) is 0 Å². The van der Waals surface area contributed by atoms with Gasteiger partial charge in [-0.1, -0.05) is 19.1 Å². The van der Waals surface area contributed by atoms with E-state index < -0.39 is 0 Å². The highest BCUT2D eigenvalue weighted by Crippen LogP contribution is 2.16. The third-order valence-corrected chi connectivity index (χ3v) is 2.33. The van der Waals surface area contributed by atoms with Gasteiger partial charge in [-0.15, -0.1) is 0 Å². The van der Waals surface area contributed by atoms with Crippen LogP contribution in [0.2, 0.25) is 0 Å². The minimum atomic E-state index is -0.194. The molecular weight excluding hydrogens is 193 g/mol. The Balaban J connectivity index is 2.65. The molecule has 1 N–H and O–H groups in total. The number of nitrogens with one attached hydrogen (secondary N) is 1. The molecule has 0 saturated carbocycles. The molecule has 0 heterocycles. The summed E-state index contributed by atoms with van der Waals surface area (Å²) in [6, 6.07) is 6.87. The molecule has 1 atom stereocenters. The Morgan fingerprint density at radius 2 is 2.00 bits per heavy atom. The van der Waals surface area contributed by atoms with E-state index in [0.29, 0.717) is 6.61 Å². The van der Waals surface area contributed by atoms with Crippen LogP contribution in [0.1, 0.15) is 24.9 Å². The van der Waals surface area contributed by atoms with Crippen LogP contribution < -0.4 is 5.32 Å². The van der Waals surface area contributed by atoms with E-state index in [4.69, 9.17) is 4.74 Å². The monoisotopic (exact) mass is 211 g/mol. The molecule has 0 aliphatic carbocycles. The average Bonchev–Trinajstić information content (AvgIpc) is 2.25. The topological polar surface area (TPSA) is 21.3 Å². The Morgan fingerprint density at radius 3 is 2.53 bits per heavy atom. The van der Waals surface area contributed by atoms with Gasteiger partial charge in [-0.2, -0.15) is 0 Å². The van der Waals surface area contributed by atoms with Crippen LogP contribution >= 0.6 is 0 Å². The first-order valence-corrected chi connectivity index (χ1v) is 5.25. The lowest BCUT2D eigenvalue weighted by Gasteiger charge is -2.17. The number of benzene rings is 1. The van der Waals surface area contributed by atoms with Gasteiger partial charge in [0.25, 0.3) is 0 Å². The van der Waals surface area contributed by atoms with Crippen molar-refractivity contribution >= 4 is 0 Å². The Labute approximate surface area is 90.4 Å². The fourth-order valence-corrected chi connectivity index (χ4v) is 1.56. The molecular formula is C12H18FNO. The van der Waals surface area contributed by atoms with Crippen molar-refractivity contribution in [3.05, 3.63) is 35.6 Å². The van der Waals surface area contributed by atoms with Crippen LogP contribution in [0.4, 0.5) is 4.39 Å². The second-order valence-electron chi connectivity index (χ2n) is 3.44. The van der Waals surface area contributed by atoms with Crippen molar-refractivity contribution in [2.45, 2.75) is 19.4 Å². The number of hydrogen-bond acceptors (Lipinski definition) is 2. The lowest BCUT2D eigenvalue weighted by Crippen LogP contribution is -2.22. The zero-order valence-electron chi connectivity index (χ0n) is 9.29. The van der Waals surface area contributed by atoms with Crippen molar-refractivity contribution in [1.29, 1.82) is 0 Å². The quantitative estimate of drug-likeness (QED) is 0.780. The Kier molecular flexibility index (Phi) is 5.29. The van der Waals surface area contributed by atoms with E-state index in [1.807, 2.05) is 12.1 Å². The molecule has 0 fully saturated rings. The maximum absolute atomic E-state index is 12.7. The Bertz CT molecular complexity index is 273. The lowest BCUT2D eigenvalue weighted by atomic mass is 10.0. The van der Waals surface area contributed by atoms with Crippen LogP contribution in [0.15, 0.2) is 24.3 Å². The second-order valence-corrected chi connectivity index (χ2v) is 3.44. The van der Waals surface area contributed by atoms with Crippen LogP contribution in [0.3, 0.4) is 0 Å². The summed E-state index contributed by atoms with van der Waals surface area (Å²) < 4.78 is 17.8. The van der Waals surface area contributed by atoms with E-state index in [-0.39, 0.29) is 11.9 Å². The molecule has 0 aromatic heterocycles. The van der Waals surface area contributed by atoms with E-state index in [2.05, 4.69) is 12.2 Å². The van der Waals surface area contributed by atoms with E-state index in [1.165, 1.54) is 12.1 Å². The SMILES string of the molecule is CCNC(CCOC)c1ccc(F)cc1. The van der Waals surface area contributed by atoms with Crippen molar-refractivity contribution in [2.75, 3.05) is 20.3 Å². The van der Waals surface area contributed by atoms with Gasteiger partial charge in [-0.05, 0) is 30.7 Å². The van der Waals surface area contributed by atoms with Gasteiger partial charge in [-0.25, -0.2) is 4.39 Å². The van der Waals surface area contributed by atoms with Gasteiger partial charge in [0.15, 0.2) is 0 Å². The zero-order chi connectivity index (χ0) is 11.1. The zero-order valence-corrected chi connectivity index (χ0v) is 9.29. The van der Waals surface area contributed by atoms with Gasteiger partial charge in [0.2, 0.25) is 0 Å². The van der Waals surface area contributed by atoms with Crippen molar-refractivity contribution in [3.63, 3.8) is 0 Å². The maximum atomic E-state index is 12.7. The fourth-order valence-electron chi connectivity index (χ4n) is 1.56. The summed E-state index contributed by atoms with van der Waals surface area (Å²) in [5.41, 5.74) is 1.11.